The maximum absolute atomic E-state index is 12.4. The van der Waals surface area contributed by atoms with Gasteiger partial charge < -0.3 is 10.1 Å². The second-order valence-corrected chi connectivity index (χ2v) is 8.12. The summed E-state index contributed by atoms with van der Waals surface area (Å²) in [6.07, 6.45) is 1.87. The number of rotatable bonds is 5. The lowest BCUT2D eigenvalue weighted by Crippen LogP contribution is -2.22. The molecule has 2 heterocycles. The highest BCUT2D eigenvalue weighted by Gasteiger charge is 2.23. The van der Waals surface area contributed by atoms with Gasteiger partial charge in [0.15, 0.2) is 0 Å². The van der Waals surface area contributed by atoms with Crippen LogP contribution >= 0.6 is 11.3 Å². The molecule has 4 aromatic rings. The summed E-state index contributed by atoms with van der Waals surface area (Å²) in [5.41, 5.74) is 8.49. The predicted octanol–water partition coefficient (Wildman–Crippen LogP) is 4.84. The van der Waals surface area contributed by atoms with E-state index in [4.69, 9.17) is 4.74 Å². The number of methoxy groups -OCH3 is 1. The first-order chi connectivity index (χ1) is 14.7. The molecule has 0 fully saturated rings. The number of aromatic nitrogens is 2. The highest BCUT2D eigenvalue weighted by Crippen LogP contribution is 2.38. The van der Waals surface area contributed by atoms with Crippen molar-refractivity contribution in [3.05, 3.63) is 81.5 Å². The Morgan fingerprint density at radius 1 is 1.17 bits per heavy atom. The summed E-state index contributed by atoms with van der Waals surface area (Å²) in [7, 11) is 1.69. The van der Waals surface area contributed by atoms with E-state index in [1.165, 1.54) is 16.7 Å². The summed E-state index contributed by atoms with van der Waals surface area (Å²) in [5, 5.41) is 14.8. The van der Waals surface area contributed by atoms with Crippen LogP contribution in [0, 0.1) is 0 Å². The minimum Gasteiger partial charge on any atom is -0.497 e. The van der Waals surface area contributed by atoms with Gasteiger partial charge >= 0.3 is 0 Å². The van der Waals surface area contributed by atoms with Crippen LogP contribution in [-0.2, 0) is 19.4 Å². The molecular weight excluding hydrogens is 394 g/mol. The molecule has 0 radical (unpaired) electrons. The molecule has 0 unspecified atom stereocenters. The zero-order valence-corrected chi connectivity index (χ0v) is 17.4. The fraction of sp³-hybridized carbons (Fsp3) is 0.167. The molecular formula is C24H21N3O2S. The molecule has 0 bridgehead atoms. The maximum atomic E-state index is 12.4. The van der Waals surface area contributed by atoms with Gasteiger partial charge in [-0.05, 0) is 71.1 Å². The third-order valence-corrected chi connectivity index (χ3v) is 6.28. The Morgan fingerprint density at radius 3 is 2.80 bits per heavy atom. The van der Waals surface area contributed by atoms with Gasteiger partial charge in [0.1, 0.15) is 5.75 Å². The van der Waals surface area contributed by atoms with Crippen LogP contribution in [0.25, 0.3) is 22.5 Å². The molecule has 0 spiro atoms. The number of hydrogen-bond donors (Lipinski definition) is 2. The SMILES string of the molecule is COc1ccc2c(c1)CCc1c(-c3ccc(C(=O)NCc4ccsc4)cc3)n[nH]c1-2. The molecule has 2 aromatic carbocycles. The summed E-state index contributed by atoms with van der Waals surface area (Å²) >= 11 is 1.63. The van der Waals surface area contributed by atoms with Gasteiger partial charge in [-0.3, -0.25) is 9.89 Å². The highest BCUT2D eigenvalue weighted by molar-refractivity contribution is 7.07. The van der Waals surface area contributed by atoms with Crippen molar-refractivity contribution in [2.45, 2.75) is 19.4 Å². The van der Waals surface area contributed by atoms with Crippen LogP contribution in [0.1, 0.15) is 27.0 Å². The molecule has 150 valence electrons. The molecule has 0 atom stereocenters. The second kappa shape index (κ2) is 7.80. The number of ether oxygens (including phenoxy) is 1. The number of H-pyrrole nitrogens is 1. The molecule has 1 aliphatic carbocycles. The fourth-order valence-electron chi connectivity index (χ4n) is 3.93. The normalized spacial score (nSPS) is 12.2. The summed E-state index contributed by atoms with van der Waals surface area (Å²) < 4.78 is 5.35. The molecule has 5 nitrogen and oxygen atoms in total. The highest BCUT2D eigenvalue weighted by atomic mass is 32.1. The number of thiophene rings is 1. The number of fused-ring (bicyclic) bond motifs is 3. The van der Waals surface area contributed by atoms with Crippen LogP contribution in [0.2, 0.25) is 0 Å². The number of benzene rings is 2. The monoisotopic (exact) mass is 415 g/mol. The lowest BCUT2D eigenvalue weighted by Gasteiger charge is -2.17. The number of carbonyl (C=O) groups is 1. The largest absolute Gasteiger partial charge is 0.497 e. The molecule has 0 saturated carbocycles. The first kappa shape index (κ1) is 18.6. The molecule has 30 heavy (non-hydrogen) atoms. The Balaban J connectivity index is 1.37. The van der Waals surface area contributed by atoms with Crippen LogP contribution in [0.15, 0.2) is 59.3 Å². The molecule has 5 rings (SSSR count). The van der Waals surface area contributed by atoms with E-state index in [2.05, 4.69) is 27.6 Å². The topological polar surface area (TPSA) is 67.0 Å². The van der Waals surface area contributed by atoms with Crippen LogP contribution < -0.4 is 10.1 Å². The van der Waals surface area contributed by atoms with E-state index in [1.54, 1.807) is 18.4 Å². The van der Waals surface area contributed by atoms with E-state index in [1.807, 2.05) is 47.2 Å². The van der Waals surface area contributed by atoms with Gasteiger partial charge in [0.05, 0.1) is 18.5 Å². The number of carbonyl (C=O) groups excluding carboxylic acids is 1. The molecule has 1 aliphatic rings. The standard InChI is InChI=1S/C24H21N3O2S/c1-29-19-7-9-20-18(12-19)6-8-21-22(26-27-23(20)21)16-2-4-17(5-3-16)24(28)25-13-15-10-11-30-14-15/h2-5,7,9-12,14H,6,8,13H2,1H3,(H,25,28)(H,26,27). The lowest BCUT2D eigenvalue weighted by atomic mass is 9.87. The van der Waals surface area contributed by atoms with E-state index in [-0.39, 0.29) is 5.91 Å². The molecule has 6 heteroatoms. The Bertz CT molecular complexity index is 1190. The predicted molar refractivity (Wildman–Crippen MR) is 119 cm³/mol. The molecule has 2 aromatic heterocycles. The van der Waals surface area contributed by atoms with E-state index in [0.717, 1.165) is 41.1 Å². The second-order valence-electron chi connectivity index (χ2n) is 7.34. The zero-order valence-electron chi connectivity index (χ0n) is 16.6. The van der Waals surface area contributed by atoms with E-state index in [9.17, 15) is 4.79 Å². The number of amides is 1. The molecule has 1 amide bonds. The van der Waals surface area contributed by atoms with Gasteiger partial charge in [0.25, 0.3) is 5.91 Å². The average molecular weight is 416 g/mol. The summed E-state index contributed by atoms with van der Waals surface area (Å²) in [4.78, 5) is 12.4. The Kier molecular flexibility index (Phi) is 4.85. The van der Waals surface area contributed by atoms with Gasteiger partial charge in [-0.25, -0.2) is 0 Å². The average Bonchev–Trinajstić information content (AvgIpc) is 3.47. The number of hydrogen-bond acceptors (Lipinski definition) is 4. The minimum atomic E-state index is -0.0697. The van der Waals surface area contributed by atoms with Gasteiger partial charge in [-0.1, -0.05) is 12.1 Å². The van der Waals surface area contributed by atoms with Crippen molar-refractivity contribution >= 4 is 17.2 Å². The summed E-state index contributed by atoms with van der Waals surface area (Å²) in [6.45, 7) is 0.543. The summed E-state index contributed by atoms with van der Waals surface area (Å²) in [5.74, 6) is 0.810. The maximum Gasteiger partial charge on any atom is 0.251 e. The van der Waals surface area contributed by atoms with Crippen LogP contribution in [0.3, 0.4) is 0 Å². The smallest absolute Gasteiger partial charge is 0.251 e. The van der Waals surface area contributed by atoms with Gasteiger partial charge in [-0.2, -0.15) is 16.4 Å². The van der Waals surface area contributed by atoms with Crippen LogP contribution in [0.5, 0.6) is 5.75 Å². The Hall–Kier alpha value is -3.38. The van der Waals surface area contributed by atoms with Crippen molar-refractivity contribution in [3.8, 4) is 28.3 Å². The van der Waals surface area contributed by atoms with Gasteiger partial charge in [-0.15, -0.1) is 0 Å². The Morgan fingerprint density at radius 2 is 2.03 bits per heavy atom. The zero-order chi connectivity index (χ0) is 20.5. The summed E-state index contributed by atoms with van der Waals surface area (Å²) in [6, 6.07) is 15.9. The van der Waals surface area contributed by atoms with Crippen molar-refractivity contribution in [1.82, 2.24) is 15.5 Å². The van der Waals surface area contributed by atoms with Gasteiger partial charge in [0, 0.05) is 28.8 Å². The molecule has 2 N–H and O–H groups in total. The quantitative estimate of drug-likeness (QED) is 0.490. The first-order valence-electron chi connectivity index (χ1n) is 9.87. The third-order valence-electron chi connectivity index (χ3n) is 5.55. The fourth-order valence-corrected chi connectivity index (χ4v) is 4.60. The van der Waals surface area contributed by atoms with Crippen molar-refractivity contribution in [2.75, 3.05) is 7.11 Å². The number of nitrogens with zero attached hydrogens (tertiary/aromatic N) is 1. The molecule has 0 aliphatic heterocycles. The van der Waals surface area contributed by atoms with E-state index < -0.39 is 0 Å². The first-order valence-corrected chi connectivity index (χ1v) is 10.8. The minimum absolute atomic E-state index is 0.0697. The van der Waals surface area contributed by atoms with Crippen molar-refractivity contribution in [1.29, 1.82) is 0 Å². The lowest BCUT2D eigenvalue weighted by molar-refractivity contribution is 0.0951. The number of nitrogens with one attached hydrogen (secondary N) is 2. The molecule has 0 saturated heterocycles. The van der Waals surface area contributed by atoms with Crippen LogP contribution in [0.4, 0.5) is 0 Å². The number of aromatic amines is 1. The third kappa shape index (κ3) is 3.39. The van der Waals surface area contributed by atoms with Crippen molar-refractivity contribution < 1.29 is 9.53 Å². The van der Waals surface area contributed by atoms with Crippen LogP contribution in [-0.4, -0.2) is 23.2 Å². The van der Waals surface area contributed by atoms with E-state index in [0.29, 0.717) is 12.1 Å². The Labute approximate surface area is 178 Å². The van der Waals surface area contributed by atoms with E-state index >= 15 is 0 Å². The number of aryl methyl sites for hydroxylation is 1. The van der Waals surface area contributed by atoms with Crippen molar-refractivity contribution in [2.24, 2.45) is 0 Å². The van der Waals surface area contributed by atoms with Crippen molar-refractivity contribution in [3.63, 3.8) is 0 Å². The van der Waals surface area contributed by atoms with Gasteiger partial charge in [0.2, 0.25) is 0 Å².